The van der Waals surface area contributed by atoms with Crippen molar-refractivity contribution in [2.24, 2.45) is 11.8 Å². The van der Waals surface area contributed by atoms with E-state index in [0.29, 0.717) is 11.8 Å². The van der Waals surface area contributed by atoms with Gasteiger partial charge in [0, 0.05) is 0 Å². The highest BCUT2D eigenvalue weighted by Crippen LogP contribution is 2.45. The molecule has 0 fully saturated rings. The lowest BCUT2D eigenvalue weighted by molar-refractivity contribution is 0.724. The summed E-state index contributed by atoms with van der Waals surface area (Å²) in [5.74, 6) is 1.27. The Hall–Kier alpha value is -1.04. The van der Waals surface area contributed by atoms with Gasteiger partial charge in [0.05, 0.1) is 0 Å². The van der Waals surface area contributed by atoms with Crippen LogP contribution in [0.25, 0.3) is 0 Å². The van der Waals surface area contributed by atoms with Crippen LogP contribution < -0.4 is 0 Å². The van der Waals surface area contributed by atoms with Gasteiger partial charge in [-0.15, -0.1) is 0 Å². The summed E-state index contributed by atoms with van der Waals surface area (Å²) >= 11 is 0. The molecule has 0 saturated carbocycles. The van der Waals surface area contributed by atoms with Crippen molar-refractivity contribution in [3.8, 4) is 0 Å². The average molecular weight is 256 g/mol. The van der Waals surface area contributed by atoms with E-state index in [4.69, 9.17) is 0 Å². The first kappa shape index (κ1) is 14.4. The zero-order valence-electron chi connectivity index (χ0n) is 13.9. The Morgan fingerprint density at radius 3 is 1.11 bits per heavy atom. The topological polar surface area (TPSA) is 0 Å². The first-order valence-corrected chi connectivity index (χ1v) is 7.52. The molecule has 2 atom stereocenters. The van der Waals surface area contributed by atoms with Crippen molar-refractivity contribution in [2.75, 3.05) is 0 Å². The highest BCUT2D eigenvalue weighted by atomic mass is 14.3. The van der Waals surface area contributed by atoms with Gasteiger partial charge >= 0.3 is 0 Å². The molecule has 2 aliphatic rings. The van der Waals surface area contributed by atoms with Gasteiger partial charge in [0.25, 0.3) is 0 Å². The molecule has 2 rings (SSSR count). The van der Waals surface area contributed by atoms with Gasteiger partial charge in [0.1, 0.15) is 0 Å². The fraction of sp³-hybridized carbons (Fsp3) is 0.579. The molecule has 0 heteroatoms. The average Bonchev–Trinajstić information content (AvgIpc) is 2.68. The summed E-state index contributed by atoms with van der Waals surface area (Å²) in [4.78, 5) is 0. The van der Waals surface area contributed by atoms with E-state index in [1.165, 1.54) is 17.6 Å². The van der Waals surface area contributed by atoms with E-state index in [1.807, 2.05) is 0 Å². The summed E-state index contributed by atoms with van der Waals surface area (Å²) in [5, 5.41) is 0. The van der Waals surface area contributed by atoms with E-state index in [1.54, 1.807) is 33.4 Å². The van der Waals surface area contributed by atoms with E-state index in [2.05, 4.69) is 55.4 Å². The maximum Gasteiger partial charge on any atom is -0.000934 e. The normalized spacial score (nSPS) is 28.4. The summed E-state index contributed by atoms with van der Waals surface area (Å²) in [6.45, 7) is 18.5. The fourth-order valence-corrected chi connectivity index (χ4v) is 3.67. The second-order valence-corrected chi connectivity index (χ2v) is 6.54. The molecule has 0 aromatic rings. The van der Waals surface area contributed by atoms with Gasteiger partial charge in [-0.05, 0) is 82.1 Å². The lowest BCUT2D eigenvalue weighted by atomic mass is 9.86. The quantitative estimate of drug-likeness (QED) is 0.570. The Morgan fingerprint density at radius 2 is 0.895 bits per heavy atom. The molecular formula is C19H28. The maximum atomic E-state index is 2.37. The molecular weight excluding hydrogens is 228 g/mol. The van der Waals surface area contributed by atoms with E-state index in [9.17, 15) is 0 Å². The van der Waals surface area contributed by atoms with Crippen molar-refractivity contribution in [1.29, 1.82) is 0 Å². The highest BCUT2D eigenvalue weighted by Gasteiger charge is 2.29. The molecule has 2 aliphatic carbocycles. The Bertz CT molecular complexity index is 497. The maximum absolute atomic E-state index is 2.37. The largest absolute Gasteiger partial charge is 0.0632 e. The van der Waals surface area contributed by atoms with Gasteiger partial charge in [-0.25, -0.2) is 0 Å². The molecule has 0 radical (unpaired) electrons. The van der Waals surface area contributed by atoms with Crippen LogP contribution in [0.1, 0.15) is 61.8 Å². The SMILES string of the molecule is CC1=C(C)C(C)C(CC2=C(C)C(C)=C(C)C2C)=C1C. The van der Waals surface area contributed by atoms with Crippen molar-refractivity contribution < 1.29 is 0 Å². The Balaban J connectivity index is 2.32. The van der Waals surface area contributed by atoms with Gasteiger partial charge in [0.2, 0.25) is 0 Å². The van der Waals surface area contributed by atoms with Gasteiger partial charge in [-0.3, -0.25) is 0 Å². The summed E-state index contributed by atoms with van der Waals surface area (Å²) in [6, 6.07) is 0. The number of hydrogen-bond acceptors (Lipinski definition) is 0. The molecule has 0 aliphatic heterocycles. The molecule has 19 heavy (non-hydrogen) atoms. The number of hydrogen-bond donors (Lipinski definition) is 0. The van der Waals surface area contributed by atoms with Crippen LogP contribution in [0, 0.1) is 11.8 Å². The van der Waals surface area contributed by atoms with Crippen LogP contribution in [0.2, 0.25) is 0 Å². The van der Waals surface area contributed by atoms with Crippen molar-refractivity contribution in [3.05, 3.63) is 44.6 Å². The molecule has 0 nitrogen and oxygen atoms in total. The lowest BCUT2D eigenvalue weighted by Crippen LogP contribution is -2.04. The fourth-order valence-electron chi connectivity index (χ4n) is 3.67. The minimum Gasteiger partial charge on any atom is -0.0632 e. The lowest BCUT2D eigenvalue weighted by Gasteiger charge is -2.18. The van der Waals surface area contributed by atoms with Gasteiger partial charge in [-0.2, -0.15) is 0 Å². The highest BCUT2D eigenvalue weighted by molar-refractivity contribution is 5.52. The van der Waals surface area contributed by atoms with Crippen LogP contribution in [-0.2, 0) is 0 Å². The summed E-state index contributed by atoms with van der Waals surface area (Å²) in [5.41, 5.74) is 12.6. The van der Waals surface area contributed by atoms with Crippen LogP contribution in [0.15, 0.2) is 44.6 Å². The summed E-state index contributed by atoms with van der Waals surface area (Å²) < 4.78 is 0. The number of rotatable bonds is 2. The van der Waals surface area contributed by atoms with Crippen LogP contribution in [-0.4, -0.2) is 0 Å². The predicted molar refractivity (Wildman–Crippen MR) is 85.1 cm³/mol. The molecule has 0 N–H and O–H groups in total. The summed E-state index contributed by atoms with van der Waals surface area (Å²) in [7, 11) is 0. The molecule has 0 spiro atoms. The minimum atomic E-state index is 0.633. The molecule has 0 aromatic heterocycles. The Morgan fingerprint density at radius 1 is 0.579 bits per heavy atom. The zero-order chi connectivity index (χ0) is 14.5. The molecule has 0 amide bonds. The molecule has 0 saturated heterocycles. The molecule has 104 valence electrons. The van der Waals surface area contributed by atoms with Crippen LogP contribution in [0.5, 0.6) is 0 Å². The molecule has 0 bridgehead atoms. The number of allylic oxidation sites excluding steroid dienone is 8. The third kappa shape index (κ3) is 2.06. The molecule has 0 aromatic carbocycles. The Kier molecular flexibility index (Phi) is 3.64. The molecule has 2 unspecified atom stereocenters. The Labute approximate surface area is 119 Å². The second-order valence-electron chi connectivity index (χ2n) is 6.54. The van der Waals surface area contributed by atoms with Crippen LogP contribution >= 0.6 is 0 Å². The third-order valence-electron chi connectivity index (χ3n) is 6.00. The predicted octanol–water partition coefficient (Wildman–Crippen LogP) is 5.98. The van der Waals surface area contributed by atoms with E-state index >= 15 is 0 Å². The van der Waals surface area contributed by atoms with Crippen LogP contribution in [0.3, 0.4) is 0 Å². The van der Waals surface area contributed by atoms with Crippen molar-refractivity contribution in [2.45, 2.75) is 61.8 Å². The van der Waals surface area contributed by atoms with Gasteiger partial charge < -0.3 is 0 Å². The monoisotopic (exact) mass is 256 g/mol. The third-order valence-corrected chi connectivity index (χ3v) is 6.00. The first-order chi connectivity index (χ1) is 8.77. The van der Waals surface area contributed by atoms with E-state index in [0.717, 1.165) is 0 Å². The summed E-state index contributed by atoms with van der Waals surface area (Å²) in [6.07, 6.45) is 1.17. The zero-order valence-corrected chi connectivity index (χ0v) is 13.9. The van der Waals surface area contributed by atoms with E-state index in [-0.39, 0.29) is 0 Å². The molecule has 0 heterocycles. The van der Waals surface area contributed by atoms with Crippen molar-refractivity contribution in [3.63, 3.8) is 0 Å². The van der Waals surface area contributed by atoms with Crippen molar-refractivity contribution >= 4 is 0 Å². The standard InChI is InChI=1S/C19H28/c1-10-11(2)15(6)18(14(10)5)9-19-16(7)12(3)13(4)17(19)8/h14,16H,9H2,1-8H3. The van der Waals surface area contributed by atoms with Crippen molar-refractivity contribution in [1.82, 2.24) is 0 Å². The minimum absolute atomic E-state index is 0.633. The first-order valence-electron chi connectivity index (χ1n) is 7.52. The van der Waals surface area contributed by atoms with Gasteiger partial charge in [-0.1, -0.05) is 36.1 Å². The second kappa shape index (κ2) is 4.81. The van der Waals surface area contributed by atoms with Gasteiger partial charge in [0.15, 0.2) is 0 Å². The smallest absolute Gasteiger partial charge is 0.000934 e. The van der Waals surface area contributed by atoms with E-state index < -0.39 is 0 Å². The van der Waals surface area contributed by atoms with Crippen LogP contribution in [0.4, 0.5) is 0 Å².